The number of benzene rings is 2. The van der Waals surface area contributed by atoms with Crippen LogP contribution in [0.1, 0.15) is 49.4 Å². The lowest BCUT2D eigenvalue weighted by Crippen LogP contribution is -2.51. The van der Waals surface area contributed by atoms with Crippen LogP contribution in [0, 0.1) is 6.92 Å². The molecule has 0 bridgehead atoms. The number of oxazole rings is 1. The van der Waals surface area contributed by atoms with Gasteiger partial charge in [-0.15, -0.1) is 0 Å². The summed E-state index contributed by atoms with van der Waals surface area (Å²) < 4.78 is 17.1. The Morgan fingerprint density at radius 1 is 1.19 bits per heavy atom. The number of aliphatic carboxylic acids is 1. The number of carboxylic acids is 1. The number of aromatic nitrogens is 1. The first kappa shape index (κ1) is 25.2. The van der Waals surface area contributed by atoms with Crippen LogP contribution in [0.5, 0.6) is 5.75 Å². The zero-order valence-electron chi connectivity index (χ0n) is 20.9. The lowest BCUT2D eigenvalue weighted by atomic mass is 9.93. The van der Waals surface area contributed by atoms with Gasteiger partial charge in [-0.1, -0.05) is 24.3 Å². The maximum atomic E-state index is 12.3. The second-order valence-electron chi connectivity index (χ2n) is 9.64. The predicted octanol–water partition coefficient (Wildman–Crippen LogP) is 4.70. The fraction of sp³-hybridized carbons (Fsp3) is 0.370. The molecule has 1 aliphatic heterocycles. The van der Waals surface area contributed by atoms with Crippen molar-refractivity contribution < 1.29 is 28.6 Å². The van der Waals surface area contributed by atoms with Crippen LogP contribution in [0.25, 0.3) is 11.5 Å². The van der Waals surface area contributed by atoms with E-state index in [-0.39, 0.29) is 0 Å². The summed E-state index contributed by atoms with van der Waals surface area (Å²) in [4.78, 5) is 29.0. The Balaban J connectivity index is 1.43. The van der Waals surface area contributed by atoms with E-state index in [0.29, 0.717) is 43.2 Å². The summed E-state index contributed by atoms with van der Waals surface area (Å²) in [5.74, 6) is 0.774. The van der Waals surface area contributed by atoms with Gasteiger partial charge >= 0.3 is 12.1 Å². The fourth-order valence-corrected chi connectivity index (χ4v) is 4.12. The zero-order chi connectivity index (χ0) is 25.9. The monoisotopic (exact) mass is 493 g/mol. The molecule has 0 spiro atoms. The first-order chi connectivity index (χ1) is 17.1. The Morgan fingerprint density at radius 2 is 1.94 bits per heavy atom. The molecule has 2 N–H and O–H groups in total. The van der Waals surface area contributed by atoms with Gasteiger partial charge in [0, 0.05) is 18.5 Å². The number of aryl methyl sites for hydroxylation is 1. The van der Waals surface area contributed by atoms with Gasteiger partial charge in [0.2, 0.25) is 5.89 Å². The molecule has 0 radical (unpaired) electrons. The van der Waals surface area contributed by atoms with E-state index in [0.717, 1.165) is 22.6 Å². The summed E-state index contributed by atoms with van der Waals surface area (Å²) in [6.07, 6.45) is 0.422. The van der Waals surface area contributed by atoms with Crippen LogP contribution in [0.15, 0.2) is 52.9 Å². The Hall–Kier alpha value is -3.85. The van der Waals surface area contributed by atoms with E-state index in [9.17, 15) is 14.7 Å². The third-order valence-electron chi connectivity index (χ3n) is 5.73. The van der Waals surface area contributed by atoms with E-state index in [1.165, 1.54) is 5.01 Å². The zero-order valence-corrected chi connectivity index (χ0v) is 20.9. The molecule has 9 heteroatoms. The molecular formula is C27H31N3O6. The number of hydrazine groups is 1. The minimum absolute atomic E-state index is 0.345. The van der Waals surface area contributed by atoms with E-state index >= 15 is 0 Å². The third-order valence-corrected chi connectivity index (χ3v) is 5.73. The summed E-state index contributed by atoms with van der Waals surface area (Å²) in [5.41, 5.74) is 5.09. The highest BCUT2D eigenvalue weighted by Gasteiger charge is 2.35. The molecule has 0 aliphatic carbocycles. The minimum atomic E-state index is -1.07. The van der Waals surface area contributed by atoms with Gasteiger partial charge in [0.1, 0.15) is 17.1 Å². The average Bonchev–Trinajstić information content (AvgIpc) is 3.18. The van der Waals surface area contributed by atoms with Crippen molar-refractivity contribution in [2.75, 3.05) is 13.2 Å². The molecule has 9 nitrogen and oxygen atoms in total. The summed E-state index contributed by atoms with van der Waals surface area (Å²) in [7, 11) is 0. The van der Waals surface area contributed by atoms with Crippen LogP contribution in [-0.2, 0) is 22.4 Å². The molecule has 3 aromatic rings. The number of hydrogen-bond acceptors (Lipinski definition) is 7. The molecule has 2 heterocycles. The Labute approximate surface area is 210 Å². The number of fused-ring (bicyclic) bond motifs is 1. The number of carbonyl (C=O) groups excluding carboxylic acids is 1. The third kappa shape index (κ3) is 6.04. The second kappa shape index (κ2) is 10.4. The molecule has 1 aromatic heterocycles. The minimum Gasteiger partial charge on any atom is -0.493 e. The van der Waals surface area contributed by atoms with E-state index in [4.69, 9.17) is 13.9 Å². The molecule has 1 unspecified atom stereocenters. The topological polar surface area (TPSA) is 114 Å². The lowest BCUT2D eigenvalue weighted by molar-refractivity contribution is -0.145. The summed E-state index contributed by atoms with van der Waals surface area (Å²) in [6, 6.07) is 14.1. The van der Waals surface area contributed by atoms with Crippen LogP contribution in [0.2, 0.25) is 0 Å². The molecule has 190 valence electrons. The molecule has 1 aliphatic rings. The molecule has 36 heavy (non-hydrogen) atoms. The molecular weight excluding hydrogens is 462 g/mol. The fourth-order valence-electron chi connectivity index (χ4n) is 4.12. The van der Waals surface area contributed by atoms with E-state index in [1.54, 1.807) is 26.8 Å². The number of amides is 1. The van der Waals surface area contributed by atoms with Gasteiger partial charge in [0.25, 0.3) is 0 Å². The smallest absolute Gasteiger partial charge is 0.422 e. The van der Waals surface area contributed by atoms with Crippen molar-refractivity contribution in [3.63, 3.8) is 0 Å². The van der Waals surface area contributed by atoms with Crippen molar-refractivity contribution in [1.29, 1.82) is 0 Å². The van der Waals surface area contributed by atoms with Crippen molar-refractivity contribution in [2.45, 2.75) is 52.2 Å². The molecule has 1 amide bonds. The van der Waals surface area contributed by atoms with Gasteiger partial charge in [-0.3, -0.25) is 10.2 Å². The largest absolute Gasteiger partial charge is 0.493 e. The Bertz CT molecular complexity index is 1230. The highest BCUT2D eigenvalue weighted by molar-refractivity contribution is 5.78. The van der Waals surface area contributed by atoms with Crippen molar-refractivity contribution in [3.8, 4) is 17.2 Å². The summed E-state index contributed by atoms with van der Waals surface area (Å²) in [6.45, 7) is 7.81. The Morgan fingerprint density at radius 3 is 2.64 bits per heavy atom. The van der Waals surface area contributed by atoms with Crippen LogP contribution in [0.4, 0.5) is 4.79 Å². The number of rotatable bonds is 7. The standard InChI is InChI=1S/C27H31N3O6/c1-17-22(28-24(35-17)19-8-6-5-7-9-19)13-15-34-20-11-10-18-12-14-30(23(25(31)32)21(18)16-20)29-26(33)36-27(2,3)4/h5-11,16,23H,12-15H2,1-4H3,(H,29,33)(H,31,32). The quantitative estimate of drug-likeness (QED) is 0.487. The van der Waals surface area contributed by atoms with E-state index < -0.39 is 23.7 Å². The van der Waals surface area contributed by atoms with Crippen LogP contribution >= 0.6 is 0 Å². The normalized spacial score (nSPS) is 15.7. The number of nitrogens with zero attached hydrogens (tertiary/aromatic N) is 2. The average molecular weight is 494 g/mol. The van der Waals surface area contributed by atoms with E-state index in [2.05, 4.69) is 10.4 Å². The van der Waals surface area contributed by atoms with Gasteiger partial charge in [-0.2, -0.15) is 5.01 Å². The molecule has 0 saturated carbocycles. The molecule has 4 rings (SSSR count). The van der Waals surface area contributed by atoms with Gasteiger partial charge in [-0.05, 0) is 69.5 Å². The molecule has 1 atom stereocenters. The van der Waals surface area contributed by atoms with E-state index in [1.807, 2.05) is 49.4 Å². The van der Waals surface area contributed by atoms with Gasteiger partial charge in [0.05, 0.1) is 12.3 Å². The maximum Gasteiger partial charge on any atom is 0.422 e. The van der Waals surface area contributed by atoms with Crippen LogP contribution in [-0.4, -0.2) is 45.9 Å². The van der Waals surface area contributed by atoms with Crippen molar-refractivity contribution in [1.82, 2.24) is 15.4 Å². The van der Waals surface area contributed by atoms with Crippen molar-refractivity contribution in [2.24, 2.45) is 0 Å². The lowest BCUT2D eigenvalue weighted by Gasteiger charge is -2.35. The number of carbonyl (C=O) groups is 2. The number of carboxylic acid groups (broad SMARTS) is 1. The molecule has 2 aromatic carbocycles. The summed E-state index contributed by atoms with van der Waals surface area (Å²) in [5, 5.41) is 11.3. The van der Waals surface area contributed by atoms with Gasteiger partial charge in [0.15, 0.2) is 6.04 Å². The van der Waals surface area contributed by atoms with Crippen molar-refractivity contribution in [3.05, 3.63) is 71.1 Å². The highest BCUT2D eigenvalue weighted by atomic mass is 16.6. The number of ether oxygens (including phenoxy) is 2. The Kier molecular flexibility index (Phi) is 7.30. The molecule has 0 saturated heterocycles. The van der Waals surface area contributed by atoms with Crippen LogP contribution in [0.3, 0.4) is 0 Å². The SMILES string of the molecule is Cc1oc(-c2ccccc2)nc1CCOc1ccc2c(c1)C(C(=O)O)N(NC(=O)OC(C)(C)C)CC2. The first-order valence-electron chi connectivity index (χ1n) is 11.9. The maximum absolute atomic E-state index is 12.3. The predicted molar refractivity (Wildman–Crippen MR) is 132 cm³/mol. The van der Waals surface area contributed by atoms with Crippen molar-refractivity contribution >= 4 is 12.1 Å². The first-order valence-corrected chi connectivity index (χ1v) is 11.9. The number of hydrogen-bond donors (Lipinski definition) is 2. The van der Waals surface area contributed by atoms with Gasteiger partial charge in [-0.25, -0.2) is 9.78 Å². The van der Waals surface area contributed by atoms with Crippen LogP contribution < -0.4 is 10.2 Å². The second-order valence-corrected chi connectivity index (χ2v) is 9.64. The summed E-state index contributed by atoms with van der Waals surface area (Å²) >= 11 is 0. The molecule has 0 fully saturated rings. The van der Waals surface area contributed by atoms with Gasteiger partial charge < -0.3 is 19.0 Å². The highest BCUT2D eigenvalue weighted by Crippen LogP contribution is 2.32. The number of nitrogens with one attached hydrogen (secondary N) is 1.